The van der Waals surface area contributed by atoms with Crippen molar-refractivity contribution in [1.29, 1.82) is 0 Å². The summed E-state index contributed by atoms with van der Waals surface area (Å²) in [5.74, 6) is 1.02. The second-order valence-corrected chi connectivity index (χ2v) is 4.84. The van der Waals surface area contributed by atoms with Gasteiger partial charge in [-0.1, -0.05) is 25.9 Å². The van der Waals surface area contributed by atoms with Crippen LogP contribution >= 0.6 is 0 Å². The third-order valence-corrected chi connectivity index (χ3v) is 2.44. The van der Waals surface area contributed by atoms with Crippen LogP contribution in [0, 0.1) is 0 Å². The molecule has 1 atom stereocenters. The number of urea groups is 1. The fraction of sp³-hybridized carbons (Fsp3) is 0.600. The van der Waals surface area contributed by atoms with Crippen molar-refractivity contribution in [2.45, 2.75) is 32.4 Å². The molecule has 0 aromatic carbocycles. The number of anilines is 1. The van der Waals surface area contributed by atoms with Gasteiger partial charge in [-0.3, -0.25) is 0 Å². The summed E-state index contributed by atoms with van der Waals surface area (Å²) in [6, 6.07) is 1.31. The monoisotopic (exact) mass is 225 g/mol. The first-order chi connectivity index (χ1) is 7.39. The van der Waals surface area contributed by atoms with Crippen LogP contribution < -0.4 is 10.2 Å². The first kappa shape index (κ1) is 10.9. The van der Waals surface area contributed by atoms with Crippen molar-refractivity contribution >= 4 is 11.8 Å². The Bertz CT molecular complexity index is 408. The molecule has 1 fully saturated rings. The van der Waals surface area contributed by atoms with Crippen LogP contribution in [0.15, 0.2) is 10.6 Å². The Morgan fingerprint density at radius 2 is 2.31 bits per heavy atom. The number of amides is 2. The molecule has 2 N–H and O–H groups in total. The topological polar surface area (TPSA) is 78.6 Å². The van der Waals surface area contributed by atoms with Crippen LogP contribution in [-0.4, -0.2) is 29.1 Å². The highest BCUT2D eigenvalue weighted by Gasteiger charge is 2.33. The molecule has 0 radical (unpaired) electrons. The van der Waals surface area contributed by atoms with Gasteiger partial charge in [-0.2, -0.15) is 0 Å². The molecule has 0 bridgehead atoms. The third kappa shape index (κ3) is 1.76. The van der Waals surface area contributed by atoms with E-state index in [4.69, 9.17) is 4.52 Å². The van der Waals surface area contributed by atoms with Crippen LogP contribution in [0.3, 0.4) is 0 Å². The van der Waals surface area contributed by atoms with Gasteiger partial charge < -0.3 is 14.9 Å². The molecule has 6 heteroatoms. The lowest BCUT2D eigenvalue weighted by molar-refractivity contribution is 0.194. The molecule has 88 valence electrons. The molecule has 2 rings (SSSR count). The number of aromatic nitrogens is 1. The number of nitrogens with one attached hydrogen (secondary N) is 1. The van der Waals surface area contributed by atoms with E-state index in [0.717, 1.165) is 0 Å². The summed E-state index contributed by atoms with van der Waals surface area (Å²) < 4.78 is 5.16. The lowest BCUT2D eigenvalue weighted by Gasteiger charge is -2.14. The van der Waals surface area contributed by atoms with Gasteiger partial charge >= 0.3 is 6.03 Å². The highest BCUT2D eigenvalue weighted by Crippen LogP contribution is 2.27. The Labute approximate surface area is 93.2 Å². The number of carbonyl (C=O) groups is 1. The SMILES string of the molecule is CC(C)(C)c1cc(N2C(=O)NCC2O)no1. The lowest BCUT2D eigenvalue weighted by Crippen LogP contribution is -2.34. The Morgan fingerprint density at radius 3 is 2.75 bits per heavy atom. The van der Waals surface area contributed by atoms with E-state index in [-0.39, 0.29) is 18.0 Å². The third-order valence-electron chi connectivity index (χ3n) is 2.44. The van der Waals surface area contributed by atoms with Crippen molar-refractivity contribution in [3.63, 3.8) is 0 Å². The Morgan fingerprint density at radius 1 is 1.62 bits per heavy atom. The van der Waals surface area contributed by atoms with Crippen molar-refractivity contribution in [2.24, 2.45) is 0 Å². The normalized spacial score (nSPS) is 21.4. The van der Waals surface area contributed by atoms with Gasteiger partial charge in [0.2, 0.25) is 0 Å². The molecule has 1 saturated heterocycles. The molecule has 1 aromatic heterocycles. The minimum Gasteiger partial charge on any atom is -0.371 e. The summed E-state index contributed by atoms with van der Waals surface area (Å²) in [6.45, 7) is 6.16. The van der Waals surface area contributed by atoms with E-state index >= 15 is 0 Å². The van der Waals surface area contributed by atoms with Crippen molar-refractivity contribution < 1.29 is 14.4 Å². The van der Waals surface area contributed by atoms with Gasteiger partial charge in [-0.25, -0.2) is 9.69 Å². The van der Waals surface area contributed by atoms with Gasteiger partial charge in [0.15, 0.2) is 12.0 Å². The first-order valence-electron chi connectivity index (χ1n) is 5.12. The van der Waals surface area contributed by atoms with Crippen molar-refractivity contribution in [2.75, 3.05) is 11.4 Å². The average molecular weight is 225 g/mol. The predicted octanol–water partition coefficient (Wildman–Crippen LogP) is 0.820. The molecule has 0 saturated carbocycles. The van der Waals surface area contributed by atoms with E-state index in [9.17, 15) is 9.90 Å². The Hall–Kier alpha value is -1.56. The average Bonchev–Trinajstić information content (AvgIpc) is 2.72. The Kier molecular flexibility index (Phi) is 2.38. The smallest absolute Gasteiger partial charge is 0.325 e. The number of β-amino-alcohol motifs (C(OH)–C–C–N with tert-alkyl or cyclic N) is 1. The van der Waals surface area contributed by atoms with Gasteiger partial charge in [-0.05, 0) is 0 Å². The molecule has 1 aromatic rings. The van der Waals surface area contributed by atoms with Crippen LogP contribution in [0.4, 0.5) is 10.6 Å². The summed E-state index contributed by atoms with van der Waals surface area (Å²) in [4.78, 5) is 12.6. The molecule has 0 aliphatic carbocycles. The quantitative estimate of drug-likeness (QED) is 0.741. The largest absolute Gasteiger partial charge is 0.371 e. The molecule has 6 nitrogen and oxygen atoms in total. The van der Waals surface area contributed by atoms with E-state index in [1.807, 2.05) is 20.8 Å². The molecular weight excluding hydrogens is 210 g/mol. The fourth-order valence-electron chi connectivity index (χ4n) is 1.48. The standard InChI is InChI=1S/C10H15N3O3/c1-10(2,3)6-4-7(12-16-6)13-8(14)5-11-9(13)15/h4,8,14H,5H2,1-3H3,(H,11,15). The summed E-state index contributed by atoms with van der Waals surface area (Å²) in [5.41, 5.74) is -0.174. The second kappa shape index (κ2) is 3.48. The molecule has 1 aliphatic rings. The molecule has 1 aliphatic heterocycles. The van der Waals surface area contributed by atoms with Gasteiger partial charge in [0.05, 0.1) is 6.54 Å². The lowest BCUT2D eigenvalue weighted by atomic mass is 9.93. The summed E-state index contributed by atoms with van der Waals surface area (Å²) in [5, 5.41) is 15.9. The van der Waals surface area contributed by atoms with Crippen LogP contribution in [0.2, 0.25) is 0 Å². The summed E-state index contributed by atoms with van der Waals surface area (Å²) >= 11 is 0. The zero-order valence-corrected chi connectivity index (χ0v) is 9.52. The van der Waals surface area contributed by atoms with E-state index < -0.39 is 6.23 Å². The van der Waals surface area contributed by atoms with Gasteiger partial charge in [0.25, 0.3) is 0 Å². The fourth-order valence-corrected chi connectivity index (χ4v) is 1.48. The van der Waals surface area contributed by atoms with Crippen LogP contribution in [0.1, 0.15) is 26.5 Å². The Balaban J connectivity index is 2.28. The summed E-state index contributed by atoms with van der Waals surface area (Å²) in [7, 11) is 0. The molecule has 16 heavy (non-hydrogen) atoms. The van der Waals surface area contributed by atoms with Crippen molar-refractivity contribution in [3.05, 3.63) is 11.8 Å². The maximum atomic E-state index is 11.4. The number of carbonyl (C=O) groups excluding carboxylic acids is 1. The molecule has 2 amide bonds. The van der Waals surface area contributed by atoms with Crippen LogP contribution in [0.5, 0.6) is 0 Å². The molecule has 2 heterocycles. The molecule has 0 spiro atoms. The highest BCUT2D eigenvalue weighted by atomic mass is 16.5. The van der Waals surface area contributed by atoms with Crippen molar-refractivity contribution in [3.8, 4) is 0 Å². The van der Waals surface area contributed by atoms with Gasteiger partial charge in [-0.15, -0.1) is 0 Å². The molecule has 1 unspecified atom stereocenters. The number of rotatable bonds is 1. The predicted molar refractivity (Wildman–Crippen MR) is 57.1 cm³/mol. The minimum atomic E-state index is -0.884. The minimum absolute atomic E-state index is 0.174. The zero-order chi connectivity index (χ0) is 11.9. The van der Waals surface area contributed by atoms with E-state index in [1.165, 1.54) is 4.90 Å². The van der Waals surface area contributed by atoms with Crippen molar-refractivity contribution in [1.82, 2.24) is 10.5 Å². The van der Waals surface area contributed by atoms with Crippen LogP contribution in [-0.2, 0) is 5.41 Å². The first-order valence-corrected chi connectivity index (χ1v) is 5.12. The number of aliphatic hydroxyl groups is 1. The van der Waals surface area contributed by atoms with Gasteiger partial charge in [0, 0.05) is 11.5 Å². The van der Waals surface area contributed by atoms with Crippen LogP contribution in [0.25, 0.3) is 0 Å². The van der Waals surface area contributed by atoms with Gasteiger partial charge in [0.1, 0.15) is 5.76 Å². The molecular formula is C10H15N3O3. The second-order valence-electron chi connectivity index (χ2n) is 4.84. The maximum absolute atomic E-state index is 11.4. The maximum Gasteiger partial charge on any atom is 0.325 e. The van der Waals surface area contributed by atoms with E-state index in [0.29, 0.717) is 11.6 Å². The van der Waals surface area contributed by atoms with E-state index in [2.05, 4.69) is 10.5 Å². The highest BCUT2D eigenvalue weighted by molar-refractivity contribution is 5.93. The van der Waals surface area contributed by atoms with E-state index in [1.54, 1.807) is 6.07 Å². The zero-order valence-electron chi connectivity index (χ0n) is 9.52. The summed E-state index contributed by atoms with van der Waals surface area (Å²) in [6.07, 6.45) is -0.884. The number of nitrogens with zero attached hydrogens (tertiary/aromatic N) is 2. The number of hydrogen-bond acceptors (Lipinski definition) is 4. The number of hydrogen-bond donors (Lipinski definition) is 2. The number of aliphatic hydroxyl groups excluding tert-OH is 1.